The molecule has 0 aliphatic rings. The van der Waals surface area contributed by atoms with E-state index in [9.17, 15) is 9.59 Å². The Bertz CT molecular complexity index is 429. The first-order valence-corrected chi connectivity index (χ1v) is 5.26. The van der Waals surface area contributed by atoms with Gasteiger partial charge < -0.3 is 15.2 Å². The summed E-state index contributed by atoms with van der Waals surface area (Å²) in [5.41, 5.74) is 1.29. The van der Waals surface area contributed by atoms with Crippen molar-refractivity contribution in [1.29, 1.82) is 0 Å². The Kier molecular flexibility index (Phi) is 4.66. The van der Waals surface area contributed by atoms with Gasteiger partial charge in [-0.05, 0) is 31.5 Å². The minimum Gasteiger partial charge on any atom is -0.478 e. The summed E-state index contributed by atoms with van der Waals surface area (Å²) in [6.45, 7) is 3.92. The Morgan fingerprint density at radius 3 is 2.71 bits per heavy atom. The predicted molar refractivity (Wildman–Crippen MR) is 63.3 cm³/mol. The zero-order valence-corrected chi connectivity index (χ0v) is 9.82. The van der Waals surface area contributed by atoms with Crippen LogP contribution < -0.4 is 5.32 Å². The lowest BCUT2D eigenvalue weighted by molar-refractivity contribution is -0.120. The number of aromatic carboxylic acids is 1. The van der Waals surface area contributed by atoms with Gasteiger partial charge in [-0.15, -0.1) is 0 Å². The van der Waals surface area contributed by atoms with Crippen molar-refractivity contribution >= 4 is 17.6 Å². The lowest BCUT2D eigenvalue weighted by Crippen LogP contribution is -2.18. The molecule has 1 rings (SSSR count). The molecule has 0 saturated carbocycles. The number of nitrogens with one attached hydrogen (secondary N) is 1. The molecule has 0 fully saturated rings. The van der Waals surface area contributed by atoms with E-state index >= 15 is 0 Å². The van der Waals surface area contributed by atoms with Gasteiger partial charge in [-0.1, -0.05) is 6.07 Å². The third-order valence-electron chi connectivity index (χ3n) is 2.19. The molecule has 5 heteroatoms. The molecule has 0 aliphatic heterocycles. The van der Waals surface area contributed by atoms with E-state index in [0.29, 0.717) is 17.9 Å². The quantitative estimate of drug-likeness (QED) is 0.816. The summed E-state index contributed by atoms with van der Waals surface area (Å²) in [7, 11) is 0. The maximum Gasteiger partial charge on any atom is 0.336 e. The van der Waals surface area contributed by atoms with Crippen LogP contribution in [-0.4, -0.2) is 30.2 Å². The van der Waals surface area contributed by atoms with Crippen molar-refractivity contribution in [2.24, 2.45) is 0 Å². The number of carboxylic acid groups (broad SMARTS) is 1. The Morgan fingerprint density at radius 1 is 1.41 bits per heavy atom. The van der Waals surface area contributed by atoms with Crippen molar-refractivity contribution in [1.82, 2.24) is 0 Å². The molecule has 0 aliphatic carbocycles. The third-order valence-corrected chi connectivity index (χ3v) is 2.19. The van der Waals surface area contributed by atoms with Crippen LogP contribution in [0, 0.1) is 6.92 Å². The van der Waals surface area contributed by atoms with Crippen molar-refractivity contribution in [3.8, 4) is 0 Å². The van der Waals surface area contributed by atoms with E-state index in [4.69, 9.17) is 9.84 Å². The minimum atomic E-state index is -1.01. The van der Waals surface area contributed by atoms with Gasteiger partial charge >= 0.3 is 5.97 Å². The number of anilines is 1. The molecule has 92 valence electrons. The monoisotopic (exact) mass is 237 g/mol. The molecule has 0 radical (unpaired) electrons. The van der Waals surface area contributed by atoms with Crippen LogP contribution in [0.3, 0.4) is 0 Å². The van der Waals surface area contributed by atoms with Crippen LogP contribution in [0.2, 0.25) is 0 Å². The van der Waals surface area contributed by atoms with E-state index in [1.54, 1.807) is 26.0 Å². The number of carboxylic acids is 1. The second kappa shape index (κ2) is 6.00. The molecule has 1 amide bonds. The van der Waals surface area contributed by atoms with Gasteiger partial charge in [0.15, 0.2) is 0 Å². The van der Waals surface area contributed by atoms with Crippen molar-refractivity contribution in [3.63, 3.8) is 0 Å². The molecule has 0 saturated heterocycles. The normalized spacial score (nSPS) is 10.0. The highest BCUT2D eigenvalue weighted by molar-refractivity contribution is 5.95. The summed E-state index contributed by atoms with van der Waals surface area (Å²) in [5, 5.41) is 11.5. The van der Waals surface area contributed by atoms with Crippen LogP contribution in [0.25, 0.3) is 0 Å². The Balaban J connectivity index is 2.75. The highest BCUT2D eigenvalue weighted by atomic mass is 16.5. The second-order valence-electron chi connectivity index (χ2n) is 3.52. The smallest absolute Gasteiger partial charge is 0.336 e. The van der Waals surface area contributed by atoms with Crippen LogP contribution >= 0.6 is 0 Å². The summed E-state index contributed by atoms with van der Waals surface area (Å²) in [6, 6.07) is 4.74. The number of hydrogen-bond acceptors (Lipinski definition) is 3. The van der Waals surface area contributed by atoms with Gasteiger partial charge in [0.2, 0.25) is 5.91 Å². The minimum absolute atomic E-state index is 0.0349. The van der Waals surface area contributed by atoms with E-state index in [1.165, 1.54) is 6.07 Å². The molecule has 5 nitrogen and oxygen atoms in total. The molecule has 1 aromatic carbocycles. The van der Waals surface area contributed by atoms with Crippen LogP contribution in [0.5, 0.6) is 0 Å². The van der Waals surface area contributed by atoms with Crippen molar-refractivity contribution in [3.05, 3.63) is 29.3 Å². The fourth-order valence-electron chi connectivity index (χ4n) is 1.32. The lowest BCUT2D eigenvalue weighted by Gasteiger charge is -2.07. The zero-order valence-electron chi connectivity index (χ0n) is 9.82. The van der Waals surface area contributed by atoms with Gasteiger partial charge in [0.05, 0.1) is 5.56 Å². The molecular weight excluding hydrogens is 222 g/mol. The van der Waals surface area contributed by atoms with E-state index in [1.807, 2.05) is 0 Å². The zero-order chi connectivity index (χ0) is 12.8. The van der Waals surface area contributed by atoms with Gasteiger partial charge in [-0.3, -0.25) is 4.79 Å². The maximum absolute atomic E-state index is 11.4. The van der Waals surface area contributed by atoms with E-state index in [2.05, 4.69) is 5.32 Å². The van der Waals surface area contributed by atoms with Crippen molar-refractivity contribution in [2.75, 3.05) is 18.5 Å². The SMILES string of the molecule is CCOCC(=O)Nc1ccc(C)c(C(=O)O)c1. The number of rotatable bonds is 5. The van der Waals surface area contributed by atoms with Crippen LogP contribution in [-0.2, 0) is 9.53 Å². The summed E-state index contributed by atoms with van der Waals surface area (Å²) >= 11 is 0. The molecule has 0 aromatic heterocycles. The first-order valence-electron chi connectivity index (χ1n) is 5.26. The number of aryl methyl sites for hydroxylation is 1. The van der Waals surface area contributed by atoms with Crippen LogP contribution in [0.1, 0.15) is 22.8 Å². The van der Waals surface area contributed by atoms with E-state index < -0.39 is 5.97 Å². The second-order valence-corrected chi connectivity index (χ2v) is 3.52. The van der Waals surface area contributed by atoms with Gasteiger partial charge in [-0.2, -0.15) is 0 Å². The van der Waals surface area contributed by atoms with Crippen molar-refractivity contribution in [2.45, 2.75) is 13.8 Å². The van der Waals surface area contributed by atoms with Crippen LogP contribution in [0.15, 0.2) is 18.2 Å². The highest BCUT2D eigenvalue weighted by Crippen LogP contribution is 2.15. The summed E-state index contributed by atoms with van der Waals surface area (Å²) in [4.78, 5) is 22.2. The number of ether oxygens (including phenoxy) is 1. The average Bonchev–Trinajstić information content (AvgIpc) is 2.28. The highest BCUT2D eigenvalue weighted by Gasteiger charge is 2.09. The maximum atomic E-state index is 11.4. The lowest BCUT2D eigenvalue weighted by atomic mass is 10.1. The average molecular weight is 237 g/mol. The van der Waals surface area contributed by atoms with E-state index in [-0.39, 0.29) is 18.1 Å². The summed E-state index contributed by atoms with van der Waals surface area (Å²) in [6.07, 6.45) is 0. The number of carbonyl (C=O) groups excluding carboxylic acids is 1. The Labute approximate surface area is 99.4 Å². The molecule has 0 unspecified atom stereocenters. The predicted octanol–water partition coefficient (Wildman–Crippen LogP) is 1.67. The van der Waals surface area contributed by atoms with Crippen LogP contribution in [0.4, 0.5) is 5.69 Å². The largest absolute Gasteiger partial charge is 0.478 e. The molecule has 17 heavy (non-hydrogen) atoms. The van der Waals surface area contributed by atoms with Crippen molar-refractivity contribution < 1.29 is 19.4 Å². The van der Waals surface area contributed by atoms with Gasteiger partial charge in [-0.25, -0.2) is 4.79 Å². The number of benzene rings is 1. The molecule has 0 heterocycles. The number of carbonyl (C=O) groups is 2. The van der Waals surface area contributed by atoms with Gasteiger partial charge in [0, 0.05) is 12.3 Å². The molecule has 0 atom stereocenters. The fourth-order valence-corrected chi connectivity index (χ4v) is 1.32. The first-order chi connectivity index (χ1) is 8.04. The Hall–Kier alpha value is -1.88. The summed E-state index contributed by atoms with van der Waals surface area (Å²) < 4.78 is 4.94. The Morgan fingerprint density at radius 2 is 2.12 bits per heavy atom. The standard InChI is InChI=1S/C12H15NO4/c1-3-17-7-11(14)13-9-5-4-8(2)10(6-9)12(15)16/h4-6H,3,7H2,1-2H3,(H,13,14)(H,15,16). The number of hydrogen-bond donors (Lipinski definition) is 2. The molecule has 0 bridgehead atoms. The molecular formula is C12H15NO4. The summed E-state index contributed by atoms with van der Waals surface area (Å²) in [5.74, 6) is -1.31. The first kappa shape index (κ1) is 13.2. The molecule has 1 aromatic rings. The molecule has 0 spiro atoms. The number of amides is 1. The van der Waals surface area contributed by atoms with E-state index in [0.717, 1.165) is 0 Å². The van der Waals surface area contributed by atoms with Gasteiger partial charge in [0.25, 0.3) is 0 Å². The molecule has 2 N–H and O–H groups in total. The van der Waals surface area contributed by atoms with Gasteiger partial charge in [0.1, 0.15) is 6.61 Å². The third kappa shape index (κ3) is 3.88. The fraction of sp³-hybridized carbons (Fsp3) is 0.333. The topological polar surface area (TPSA) is 75.6 Å².